The molecule has 2 rings (SSSR count). The Hall–Kier alpha value is -0.380. The van der Waals surface area contributed by atoms with E-state index >= 15 is 0 Å². The molecule has 20 heavy (non-hydrogen) atoms. The van der Waals surface area contributed by atoms with Gasteiger partial charge in [-0.05, 0) is 70.9 Å². The molecule has 0 bridgehead atoms. The van der Waals surface area contributed by atoms with Crippen LogP contribution in [0.5, 0.6) is 0 Å². The Morgan fingerprint density at radius 2 is 1.75 bits per heavy atom. The second-order valence-electron chi connectivity index (χ2n) is 6.37. The van der Waals surface area contributed by atoms with Gasteiger partial charge in [-0.1, -0.05) is 34.5 Å². The molecule has 112 valence electrons. The van der Waals surface area contributed by atoms with Crippen molar-refractivity contribution in [2.75, 3.05) is 20.1 Å². The zero-order chi connectivity index (χ0) is 14.6. The SMILES string of the molecule is CNC(Cc1ccc(Br)cc1)C(C)(C)N1CCCCC1. The molecule has 2 nitrogen and oxygen atoms in total. The first kappa shape index (κ1) is 16.0. The summed E-state index contributed by atoms with van der Waals surface area (Å²) in [5.74, 6) is 0. The maximum atomic E-state index is 3.55. The van der Waals surface area contributed by atoms with Gasteiger partial charge in [-0.15, -0.1) is 0 Å². The first-order valence-electron chi connectivity index (χ1n) is 7.71. The molecule has 1 unspecified atom stereocenters. The molecule has 1 atom stereocenters. The van der Waals surface area contributed by atoms with Gasteiger partial charge in [0.1, 0.15) is 0 Å². The Labute approximate surface area is 132 Å². The van der Waals surface area contributed by atoms with Crippen LogP contribution in [0.15, 0.2) is 28.7 Å². The third-order valence-electron chi connectivity index (χ3n) is 4.73. The van der Waals surface area contributed by atoms with Crippen molar-refractivity contribution in [3.05, 3.63) is 34.3 Å². The van der Waals surface area contributed by atoms with Gasteiger partial charge in [0.25, 0.3) is 0 Å². The molecule has 1 aliphatic rings. The van der Waals surface area contributed by atoms with Gasteiger partial charge in [0.15, 0.2) is 0 Å². The molecular weight excluding hydrogens is 312 g/mol. The van der Waals surface area contributed by atoms with E-state index in [1.54, 1.807) is 0 Å². The Morgan fingerprint density at radius 1 is 1.15 bits per heavy atom. The smallest absolute Gasteiger partial charge is 0.0309 e. The maximum Gasteiger partial charge on any atom is 0.0309 e. The first-order valence-corrected chi connectivity index (χ1v) is 8.50. The van der Waals surface area contributed by atoms with Gasteiger partial charge in [-0.25, -0.2) is 0 Å². The minimum absolute atomic E-state index is 0.197. The van der Waals surface area contributed by atoms with Crippen LogP contribution in [-0.4, -0.2) is 36.6 Å². The molecule has 1 N–H and O–H groups in total. The number of likely N-dealkylation sites (tertiary alicyclic amines) is 1. The number of benzene rings is 1. The van der Waals surface area contributed by atoms with E-state index in [4.69, 9.17) is 0 Å². The molecule has 3 heteroatoms. The van der Waals surface area contributed by atoms with E-state index in [-0.39, 0.29) is 5.54 Å². The van der Waals surface area contributed by atoms with Crippen LogP contribution < -0.4 is 5.32 Å². The average Bonchev–Trinajstić information content (AvgIpc) is 2.47. The second-order valence-corrected chi connectivity index (χ2v) is 7.29. The quantitative estimate of drug-likeness (QED) is 0.877. The summed E-state index contributed by atoms with van der Waals surface area (Å²) in [6, 6.07) is 9.19. The summed E-state index contributed by atoms with van der Waals surface area (Å²) in [6.45, 7) is 7.26. The van der Waals surface area contributed by atoms with Crippen LogP contribution in [0.3, 0.4) is 0 Å². The van der Waals surface area contributed by atoms with Gasteiger partial charge >= 0.3 is 0 Å². The number of hydrogen-bond donors (Lipinski definition) is 1. The van der Waals surface area contributed by atoms with Crippen LogP contribution in [0.4, 0.5) is 0 Å². The highest BCUT2D eigenvalue weighted by molar-refractivity contribution is 9.10. The fraction of sp³-hybridized carbons (Fsp3) is 0.647. The average molecular weight is 339 g/mol. The summed E-state index contributed by atoms with van der Waals surface area (Å²) >= 11 is 3.51. The number of halogens is 1. The zero-order valence-electron chi connectivity index (χ0n) is 13.0. The standard InChI is InChI=1S/C17H27BrN2/c1-17(2,20-11-5-4-6-12-20)16(19-3)13-14-7-9-15(18)10-8-14/h7-10,16,19H,4-6,11-13H2,1-3H3. The normalized spacial score (nSPS) is 19.0. The van der Waals surface area contributed by atoms with Gasteiger partial charge < -0.3 is 5.32 Å². The van der Waals surface area contributed by atoms with Crippen LogP contribution in [0.1, 0.15) is 38.7 Å². The molecule has 0 spiro atoms. The van der Waals surface area contributed by atoms with Gasteiger partial charge in [-0.2, -0.15) is 0 Å². The monoisotopic (exact) mass is 338 g/mol. The highest BCUT2D eigenvalue weighted by Crippen LogP contribution is 2.26. The molecule has 1 aromatic carbocycles. The summed E-state index contributed by atoms with van der Waals surface area (Å²) in [5, 5.41) is 3.55. The van der Waals surface area contributed by atoms with Crippen molar-refractivity contribution in [2.45, 2.75) is 51.1 Å². The van der Waals surface area contributed by atoms with Crippen LogP contribution in [0, 0.1) is 0 Å². The number of nitrogens with zero attached hydrogens (tertiary/aromatic N) is 1. The Bertz CT molecular complexity index is 408. The number of likely N-dealkylation sites (N-methyl/N-ethyl adjacent to an activating group) is 1. The molecule has 1 fully saturated rings. The second kappa shape index (κ2) is 7.06. The largest absolute Gasteiger partial charge is 0.315 e. The number of rotatable bonds is 5. The first-order chi connectivity index (χ1) is 9.54. The summed E-state index contributed by atoms with van der Waals surface area (Å²) < 4.78 is 1.15. The lowest BCUT2D eigenvalue weighted by Gasteiger charge is -2.46. The predicted octanol–water partition coefficient (Wildman–Crippen LogP) is 3.84. The van der Waals surface area contributed by atoms with Gasteiger partial charge in [-0.3, -0.25) is 4.90 Å². The van der Waals surface area contributed by atoms with E-state index in [0.29, 0.717) is 6.04 Å². The van der Waals surface area contributed by atoms with E-state index in [1.165, 1.54) is 37.9 Å². The molecular formula is C17H27BrN2. The summed E-state index contributed by atoms with van der Waals surface area (Å²) in [7, 11) is 2.09. The van der Waals surface area contributed by atoms with Crippen molar-refractivity contribution in [3.8, 4) is 0 Å². The minimum atomic E-state index is 0.197. The predicted molar refractivity (Wildman–Crippen MR) is 90.2 cm³/mol. The van der Waals surface area contributed by atoms with Crippen LogP contribution in [0.2, 0.25) is 0 Å². The molecule has 0 radical (unpaired) electrons. The zero-order valence-corrected chi connectivity index (χ0v) is 14.5. The van der Waals surface area contributed by atoms with Crippen molar-refractivity contribution >= 4 is 15.9 Å². The van der Waals surface area contributed by atoms with Crippen LogP contribution in [0.25, 0.3) is 0 Å². The Balaban J connectivity index is 2.07. The Kier molecular flexibility index (Phi) is 5.65. The molecule has 0 amide bonds. The van der Waals surface area contributed by atoms with Gasteiger partial charge in [0, 0.05) is 16.1 Å². The van der Waals surface area contributed by atoms with E-state index in [9.17, 15) is 0 Å². The van der Waals surface area contributed by atoms with Crippen LogP contribution in [-0.2, 0) is 6.42 Å². The fourth-order valence-corrected chi connectivity index (χ4v) is 3.52. The lowest BCUT2D eigenvalue weighted by Crippen LogP contribution is -2.59. The third-order valence-corrected chi connectivity index (χ3v) is 5.25. The molecule has 0 saturated carbocycles. The third kappa shape index (κ3) is 3.84. The summed E-state index contributed by atoms with van der Waals surface area (Å²) in [4.78, 5) is 2.66. The number of hydrogen-bond acceptors (Lipinski definition) is 2. The van der Waals surface area contributed by atoms with Crippen LogP contribution >= 0.6 is 15.9 Å². The van der Waals surface area contributed by atoms with E-state index in [0.717, 1.165) is 10.9 Å². The summed E-state index contributed by atoms with van der Waals surface area (Å²) in [6.07, 6.45) is 5.16. The number of piperidine rings is 1. The molecule has 0 aromatic heterocycles. The maximum absolute atomic E-state index is 3.55. The number of nitrogens with one attached hydrogen (secondary N) is 1. The van der Waals surface area contributed by atoms with Crippen molar-refractivity contribution in [2.24, 2.45) is 0 Å². The molecule has 1 heterocycles. The van der Waals surface area contributed by atoms with Crippen molar-refractivity contribution < 1.29 is 0 Å². The van der Waals surface area contributed by atoms with Crippen molar-refractivity contribution in [1.29, 1.82) is 0 Å². The lowest BCUT2D eigenvalue weighted by atomic mass is 9.86. The molecule has 1 aromatic rings. The van der Waals surface area contributed by atoms with Crippen molar-refractivity contribution in [1.82, 2.24) is 10.2 Å². The van der Waals surface area contributed by atoms with Crippen molar-refractivity contribution in [3.63, 3.8) is 0 Å². The summed E-state index contributed by atoms with van der Waals surface area (Å²) in [5.41, 5.74) is 1.60. The highest BCUT2D eigenvalue weighted by atomic mass is 79.9. The topological polar surface area (TPSA) is 15.3 Å². The van der Waals surface area contributed by atoms with E-state index < -0.39 is 0 Å². The van der Waals surface area contributed by atoms with E-state index in [2.05, 4.69) is 71.3 Å². The molecule has 1 aliphatic heterocycles. The fourth-order valence-electron chi connectivity index (χ4n) is 3.25. The van der Waals surface area contributed by atoms with Gasteiger partial charge in [0.2, 0.25) is 0 Å². The highest BCUT2D eigenvalue weighted by Gasteiger charge is 2.35. The molecule has 0 aliphatic carbocycles. The Morgan fingerprint density at radius 3 is 2.30 bits per heavy atom. The minimum Gasteiger partial charge on any atom is -0.315 e. The van der Waals surface area contributed by atoms with Gasteiger partial charge in [0.05, 0.1) is 0 Å². The van der Waals surface area contributed by atoms with E-state index in [1.807, 2.05) is 0 Å². The molecule has 1 saturated heterocycles. The lowest BCUT2D eigenvalue weighted by molar-refractivity contribution is 0.0635.